The fourth-order valence-electron chi connectivity index (χ4n) is 2.45. The van der Waals surface area contributed by atoms with Crippen molar-refractivity contribution in [3.63, 3.8) is 0 Å². The molecular formula is C22H21Cl2NO2V. The van der Waals surface area contributed by atoms with E-state index < -0.39 is 0 Å². The number of benzene rings is 3. The molecule has 3 aromatic carbocycles. The Morgan fingerprint density at radius 3 is 1.93 bits per heavy atom. The van der Waals surface area contributed by atoms with Crippen molar-refractivity contribution in [2.24, 2.45) is 4.99 Å². The summed E-state index contributed by atoms with van der Waals surface area (Å²) in [5.74, 6) is 0.201. The number of aliphatic hydroxyl groups excluding tert-OH is 1. The Labute approximate surface area is 187 Å². The zero-order chi connectivity index (χ0) is 18.8. The van der Waals surface area contributed by atoms with Gasteiger partial charge in [0.1, 0.15) is 5.76 Å². The molecule has 28 heavy (non-hydrogen) atoms. The Kier molecular flexibility index (Phi) is 12.8. The molecule has 0 fully saturated rings. The van der Waals surface area contributed by atoms with Gasteiger partial charge in [0.2, 0.25) is 0 Å². The van der Waals surface area contributed by atoms with Crippen LogP contribution in [0.2, 0.25) is 0 Å². The molecule has 0 unspecified atom stereocenters. The van der Waals surface area contributed by atoms with Crippen molar-refractivity contribution in [1.82, 2.24) is 0 Å². The molecule has 0 radical (unpaired) electrons. The van der Waals surface area contributed by atoms with Crippen molar-refractivity contribution < 1.29 is 26.1 Å². The molecule has 0 aliphatic heterocycles. The number of halogens is 2. The van der Waals surface area contributed by atoms with Gasteiger partial charge >= 0.3 is 21.0 Å². The number of para-hydroxylation sites is 1. The molecule has 0 saturated heterocycles. The monoisotopic (exact) mass is 452 g/mol. The third-order valence-corrected chi connectivity index (χ3v) is 3.66. The van der Waals surface area contributed by atoms with Crippen LogP contribution in [0.3, 0.4) is 0 Å². The van der Waals surface area contributed by atoms with E-state index in [1.165, 1.54) is 0 Å². The molecule has 0 aliphatic carbocycles. The summed E-state index contributed by atoms with van der Waals surface area (Å²) < 4.78 is 8.19. The number of allylic oxidation sites excluding steroid dienone is 1. The first kappa shape index (κ1) is 25.8. The van der Waals surface area contributed by atoms with Gasteiger partial charge < -0.3 is 5.11 Å². The van der Waals surface area contributed by atoms with Crippen LogP contribution in [0, 0.1) is 6.92 Å². The summed E-state index contributed by atoms with van der Waals surface area (Å²) in [7, 11) is 0. The normalized spacial score (nSPS) is 10.6. The van der Waals surface area contributed by atoms with Crippen molar-refractivity contribution in [1.29, 1.82) is 0 Å². The molecule has 0 spiro atoms. The molecule has 3 nitrogen and oxygen atoms in total. The van der Waals surface area contributed by atoms with Gasteiger partial charge in [0.05, 0.1) is 11.4 Å². The second-order valence-corrected chi connectivity index (χ2v) is 5.60. The predicted octanol–water partition coefficient (Wildman–Crippen LogP) is 6.44. The van der Waals surface area contributed by atoms with Gasteiger partial charge in [-0.25, -0.2) is 4.99 Å². The summed E-state index contributed by atoms with van der Waals surface area (Å²) in [5, 5.41) is 10.5. The van der Waals surface area contributed by atoms with Crippen molar-refractivity contribution in [2.75, 3.05) is 0 Å². The second-order valence-electron chi connectivity index (χ2n) is 5.60. The molecule has 0 amide bonds. The van der Waals surface area contributed by atoms with E-state index in [0.717, 1.165) is 45.5 Å². The molecule has 145 valence electrons. The first-order chi connectivity index (χ1) is 12.7. The third kappa shape index (κ3) is 7.83. The number of rotatable bonds is 4. The summed E-state index contributed by atoms with van der Waals surface area (Å²) in [6.45, 7) is 2.05. The maximum atomic E-state index is 10.5. The van der Waals surface area contributed by atoms with E-state index in [1.54, 1.807) is 6.08 Å². The van der Waals surface area contributed by atoms with E-state index in [4.69, 9.17) is 8.67 Å². The molecule has 0 heterocycles. The van der Waals surface area contributed by atoms with Crippen LogP contribution in [0.25, 0.3) is 5.76 Å². The summed E-state index contributed by atoms with van der Waals surface area (Å²) >= 11 is 1.06. The van der Waals surface area contributed by atoms with Gasteiger partial charge in [-0.2, -0.15) is 0 Å². The van der Waals surface area contributed by atoms with Crippen LogP contribution in [0.4, 0.5) is 5.69 Å². The van der Waals surface area contributed by atoms with Gasteiger partial charge in [0.25, 0.3) is 0 Å². The zero-order valence-electron chi connectivity index (χ0n) is 15.2. The first-order valence-corrected chi connectivity index (χ1v) is 8.64. The van der Waals surface area contributed by atoms with Crippen molar-refractivity contribution >= 4 is 42.0 Å². The van der Waals surface area contributed by atoms with E-state index in [1.807, 2.05) is 85.8 Å². The van der Waals surface area contributed by atoms with E-state index in [9.17, 15) is 5.11 Å². The Balaban J connectivity index is 0.00000177. The standard InChI is InChI=1S/C22H19NO.2ClH.O.V/c1-17-9-8-12-19(15-17)21(23-20-13-6-3-7-14-20)16-22(24)18-10-4-2-5-11-18;;;;/h2-16,24H,1H3;2*1H;;/b22-16-,23-21?;;;;. The second kappa shape index (κ2) is 13.9. The van der Waals surface area contributed by atoms with E-state index in [2.05, 4.69) is 6.07 Å². The molecule has 0 bridgehead atoms. The van der Waals surface area contributed by atoms with Gasteiger partial charge in [-0.3, -0.25) is 0 Å². The van der Waals surface area contributed by atoms with Crippen LogP contribution < -0.4 is 0 Å². The van der Waals surface area contributed by atoms with Crippen LogP contribution in [0.5, 0.6) is 0 Å². The Bertz CT molecular complexity index is 901. The summed E-state index contributed by atoms with van der Waals surface area (Å²) in [6, 6.07) is 27.4. The fourth-order valence-corrected chi connectivity index (χ4v) is 2.45. The summed E-state index contributed by atoms with van der Waals surface area (Å²) in [5.41, 5.74) is 4.48. The fraction of sp³-hybridized carbons (Fsp3) is 0.0455. The number of aryl methyl sites for hydroxylation is 1. The average molecular weight is 453 g/mol. The topological polar surface area (TPSA) is 49.7 Å². The zero-order valence-corrected chi connectivity index (χ0v) is 18.3. The van der Waals surface area contributed by atoms with E-state index in [0.29, 0.717) is 0 Å². The van der Waals surface area contributed by atoms with E-state index >= 15 is 0 Å². The number of nitrogens with zero attached hydrogens (tertiary/aromatic N) is 1. The molecule has 3 aromatic rings. The summed E-state index contributed by atoms with van der Waals surface area (Å²) in [6.07, 6.45) is 1.72. The van der Waals surface area contributed by atoms with Crippen molar-refractivity contribution in [3.05, 3.63) is 108 Å². The number of hydrogen-bond acceptors (Lipinski definition) is 3. The minimum atomic E-state index is 0. The Morgan fingerprint density at radius 1 is 0.821 bits per heavy atom. The van der Waals surface area contributed by atoms with Gasteiger partial charge in [0, 0.05) is 17.2 Å². The van der Waals surface area contributed by atoms with Crippen LogP contribution >= 0.6 is 24.8 Å². The van der Waals surface area contributed by atoms with Gasteiger partial charge in [-0.15, -0.1) is 24.8 Å². The molecule has 0 atom stereocenters. The van der Waals surface area contributed by atoms with Crippen LogP contribution in [-0.2, 0) is 21.0 Å². The van der Waals surface area contributed by atoms with Gasteiger partial charge in [-0.05, 0) is 25.1 Å². The minimum absolute atomic E-state index is 0. The molecule has 0 aromatic heterocycles. The summed E-state index contributed by atoms with van der Waals surface area (Å²) in [4.78, 5) is 4.72. The molecule has 0 aliphatic rings. The predicted molar refractivity (Wildman–Crippen MR) is 116 cm³/mol. The number of aliphatic imine (C=N–C) groups is 1. The first-order valence-electron chi connectivity index (χ1n) is 8.07. The Hall–Kier alpha value is -2.17. The molecule has 0 saturated carbocycles. The van der Waals surface area contributed by atoms with Gasteiger partial charge in [-0.1, -0.05) is 72.3 Å². The molecule has 1 N–H and O–H groups in total. The maximum absolute atomic E-state index is 10.5. The van der Waals surface area contributed by atoms with Crippen molar-refractivity contribution in [3.8, 4) is 0 Å². The average Bonchev–Trinajstić information content (AvgIpc) is 2.70. The molecule has 6 heteroatoms. The SMILES string of the molecule is Cc1cccc(C(/C=C(\O)c2ccccc2)=Nc2ccccc2)c1.Cl.Cl.[O]=[V]. The number of hydrogen-bond donors (Lipinski definition) is 1. The molecule has 3 rings (SSSR count). The van der Waals surface area contributed by atoms with Crippen LogP contribution in [0.15, 0.2) is 96.0 Å². The number of aliphatic hydroxyl groups is 1. The van der Waals surface area contributed by atoms with Crippen LogP contribution in [-0.4, -0.2) is 10.8 Å². The van der Waals surface area contributed by atoms with Crippen LogP contribution in [0.1, 0.15) is 16.7 Å². The van der Waals surface area contributed by atoms with Gasteiger partial charge in [0.15, 0.2) is 0 Å². The molecular weight excluding hydrogens is 432 g/mol. The van der Waals surface area contributed by atoms with Crippen molar-refractivity contribution in [2.45, 2.75) is 6.92 Å². The third-order valence-electron chi connectivity index (χ3n) is 3.66. The Morgan fingerprint density at radius 2 is 1.36 bits per heavy atom. The van der Waals surface area contributed by atoms with E-state index in [-0.39, 0.29) is 30.6 Å². The quantitative estimate of drug-likeness (QED) is 0.365.